The Balaban J connectivity index is 0.00000121. The topological polar surface area (TPSA) is 84.3 Å². The Labute approximate surface area is 168 Å². The minimum Gasteiger partial charge on any atom is -0.368 e. The van der Waals surface area contributed by atoms with Gasteiger partial charge in [0.1, 0.15) is 5.82 Å². The Hall–Kier alpha value is -0.820. The lowest BCUT2D eigenvalue weighted by molar-refractivity contribution is 0.147. The summed E-state index contributed by atoms with van der Waals surface area (Å²) in [6.07, 6.45) is 9.03. The maximum Gasteiger partial charge on any atom is 0.222 e. The molecule has 0 radical (unpaired) electrons. The number of piperazine rings is 1. The Kier molecular flexibility index (Phi) is 7.76. The second-order valence-electron chi connectivity index (χ2n) is 7.75. The fourth-order valence-corrected chi connectivity index (χ4v) is 4.51. The van der Waals surface area contributed by atoms with Crippen molar-refractivity contribution >= 4 is 36.6 Å². The summed E-state index contributed by atoms with van der Waals surface area (Å²) in [4.78, 5) is 14.0. The first-order valence-electron chi connectivity index (χ1n) is 9.58. The van der Waals surface area contributed by atoms with Crippen LogP contribution in [0, 0.1) is 0 Å². The molecular formula is C18H32Cl2N6. The van der Waals surface area contributed by atoms with Gasteiger partial charge in [-0.1, -0.05) is 19.3 Å². The molecule has 26 heavy (non-hydrogen) atoms. The SMILES string of the molecule is Cl.Cl.Nc1nc(C2CC(N)C2)cc(N2CCN(C3CCCCC3)CC2)n1. The third-order valence-corrected chi connectivity index (χ3v) is 6.07. The number of hydrogen-bond donors (Lipinski definition) is 2. The molecule has 8 heteroatoms. The van der Waals surface area contributed by atoms with E-state index < -0.39 is 0 Å². The Morgan fingerprint density at radius 3 is 2.19 bits per heavy atom. The average Bonchev–Trinajstić information content (AvgIpc) is 2.59. The van der Waals surface area contributed by atoms with Crippen LogP contribution in [0.15, 0.2) is 6.07 Å². The first-order valence-corrected chi connectivity index (χ1v) is 9.58. The van der Waals surface area contributed by atoms with Crippen LogP contribution < -0.4 is 16.4 Å². The lowest BCUT2D eigenvalue weighted by atomic mass is 9.78. The molecule has 148 valence electrons. The molecule has 1 aliphatic heterocycles. The summed E-state index contributed by atoms with van der Waals surface area (Å²) in [6.45, 7) is 4.35. The van der Waals surface area contributed by atoms with E-state index >= 15 is 0 Å². The first kappa shape index (κ1) is 21.5. The van der Waals surface area contributed by atoms with Gasteiger partial charge in [0.2, 0.25) is 5.95 Å². The van der Waals surface area contributed by atoms with Gasteiger partial charge in [-0.15, -0.1) is 24.8 Å². The zero-order valence-electron chi connectivity index (χ0n) is 15.3. The van der Waals surface area contributed by atoms with E-state index in [1.807, 2.05) is 0 Å². The van der Waals surface area contributed by atoms with Gasteiger partial charge in [0, 0.05) is 50.2 Å². The van der Waals surface area contributed by atoms with Crippen molar-refractivity contribution in [2.75, 3.05) is 36.8 Å². The Bertz CT molecular complexity index is 567. The predicted octanol–water partition coefficient (Wildman–Crippen LogP) is 2.56. The summed E-state index contributed by atoms with van der Waals surface area (Å²) in [5, 5.41) is 0. The first-order chi connectivity index (χ1) is 11.7. The summed E-state index contributed by atoms with van der Waals surface area (Å²) in [5.41, 5.74) is 13.0. The molecule has 1 aromatic heterocycles. The maximum atomic E-state index is 5.97. The minimum atomic E-state index is 0. The van der Waals surface area contributed by atoms with Crippen molar-refractivity contribution in [1.29, 1.82) is 0 Å². The van der Waals surface area contributed by atoms with Crippen molar-refractivity contribution in [3.05, 3.63) is 11.8 Å². The maximum absolute atomic E-state index is 5.97. The molecule has 2 heterocycles. The summed E-state index contributed by atoms with van der Waals surface area (Å²) in [7, 11) is 0. The van der Waals surface area contributed by atoms with Gasteiger partial charge in [-0.05, 0) is 25.7 Å². The van der Waals surface area contributed by atoms with Gasteiger partial charge >= 0.3 is 0 Å². The zero-order valence-corrected chi connectivity index (χ0v) is 17.0. The van der Waals surface area contributed by atoms with Crippen molar-refractivity contribution in [2.24, 2.45) is 5.73 Å². The van der Waals surface area contributed by atoms with Gasteiger partial charge in [-0.2, -0.15) is 4.98 Å². The van der Waals surface area contributed by atoms with Crippen LogP contribution in [0.4, 0.5) is 11.8 Å². The standard InChI is InChI=1S/C18H30N6.2ClH/c19-14-10-13(11-14)16-12-17(22-18(20)21-16)24-8-6-23(7-9-24)15-4-2-1-3-5-15;;/h12-15H,1-11,19H2,(H2,20,21,22);2*1H. The van der Waals surface area contributed by atoms with Crippen LogP contribution in [0.5, 0.6) is 0 Å². The number of nitrogens with zero attached hydrogens (tertiary/aromatic N) is 4. The van der Waals surface area contributed by atoms with E-state index in [0.717, 1.165) is 56.6 Å². The molecule has 0 aromatic carbocycles. The second-order valence-corrected chi connectivity index (χ2v) is 7.75. The zero-order chi connectivity index (χ0) is 16.5. The molecule has 2 saturated carbocycles. The van der Waals surface area contributed by atoms with E-state index in [4.69, 9.17) is 11.5 Å². The molecule has 6 nitrogen and oxygen atoms in total. The number of hydrogen-bond acceptors (Lipinski definition) is 6. The molecule has 0 bridgehead atoms. The van der Waals surface area contributed by atoms with E-state index in [9.17, 15) is 0 Å². The highest BCUT2D eigenvalue weighted by molar-refractivity contribution is 5.85. The summed E-state index contributed by atoms with van der Waals surface area (Å²) in [5.74, 6) is 1.87. The smallest absolute Gasteiger partial charge is 0.222 e. The number of anilines is 2. The number of aromatic nitrogens is 2. The fourth-order valence-electron chi connectivity index (χ4n) is 4.51. The van der Waals surface area contributed by atoms with E-state index in [2.05, 4.69) is 25.8 Å². The van der Waals surface area contributed by atoms with E-state index in [0.29, 0.717) is 17.9 Å². The van der Waals surface area contributed by atoms with Crippen molar-refractivity contribution < 1.29 is 0 Å². The van der Waals surface area contributed by atoms with Crippen LogP contribution in [0.2, 0.25) is 0 Å². The van der Waals surface area contributed by atoms with Gasteiger partial charge in [0.15, 0.2) is 0 Å². The van der Waals surface area contributed by atoms with Crippen LogP contribution >= 0.6 is 24.8 Å². The molecular weight excluding hydrogens is 371 g/mol. The van der Waals surface area contributed by atoms with Crippen molar-refractivity contribution in [3.63, 3.8) is 0 Å². The van der Waals surface area contributed by atoms with Crippen LogP contribution in [-0.4, -0.2) is 53.1 Å². The number of nitrogen functional groups attached to an aromatic ring is 1. The fraction of sp³-hybridized carbons (Fsp3) is 0.778. The second kappa shape index (κ2) is 9.40. The Morgan fingerprint density at radius 1 is 0.923 bits per heavy atom. The predicted molar refractivity (Wildman–Crippen MR) is 112 cm³/mol. The third kappa shape index (κ3) is 4.71. The molecule has 4 rings (SSSR count). The normalized spacial score (nSPS) is 27.2. The average molecular weight is 403 g/mol. The van der Waals surface area contributed by atoms with Crippen molar-refractivity contribution in [1.82, 2.24) is 14.9 Å². The number of rotatable bonds is 3. The molecule has 3 aliphatic rings. The Morgan fingerprint density at radius 2 is 1.58 bits per heavy atom. The summed E-state index contributed by atoms with van der Waals surface area (Å²) < 4.78 is 0. The highest BCUT2D eigenvalue weighted by atomic mass is 35.5. The molecule has 2 aliphatic carbocycles. The van der Waals surface area contributed by atoms with Gasteiger partial charge < -0.3 is 16.4 Å². The lowest BCUT2D eigenvalue weighted by Gasteiger charge is -2.41. The van der Waals surface area contributed by atoms with Gasteiger partial charge in [-0.3, -0.25) is 4.90 Å². The molecule has 1 saturated heterocycles. The molecule has 4 N–H and O–H groups in total. The van der Waals surface area contributed by atoms with E-state index in [1.165, 1.54) is 32.1 Å². The van der Waals surface area contributed by atoms with Crippen LogP contribution in [0.3, 0.4) is 0 Å². The monoisotopic (exact) mass is 402 g/mol. The van der Waals surface area contributed by atoms with Gasteiger partial charge in [0.05, 0.1) is 5.69 Å². The summed E-state index contributed by atoms with van der Waals surface area (Å²) in [6, 6.07) is 3.28. The van der Waals surface area contributed by atoms with E-state index in [1.54, 1.807) is 0 Å². The molecule has 1 aromatic rings. The minimum absolute atomic E-state index is 0. The third-order valence-electron chi connectivity index (χ3n) is 6.07. The van der Waals surface area contributed by atoms with Crippen LogP contribution in [-0.2, 0) is 0 Å². The molecule has 0 amide bonds. The lowest BCUT2D eigenvalue weighted by Crippen LogP contribution is -2.51. The quantitative estimate of drug-likeness (QED) is 0.807. The molecule has 0 spiro atoms. The molecule has 0 unspecified atom stereocenters. The van der Waals surface area contributed by atoms with Crippen molar-refractivity contribution in [2.45, 2.75) is 62.9 Å². The van der Waals surface area contributed by atoms with Crippen LogP contribution in [0.1, 0.15) is 56.6 Å². The molecule has 3 fully saturated rings. The number of halogens is 2. The summed E-state index contributed by atoms with van der Waals surface area (Å²) >= 11 is 0. The number of nitrogens with two attached hydrogens (primary N) is 2. The molecule has 0 atom stereocenters. The largest absolute Gasteiger partial charge is 0.368 e. The van der Waals surface area contributed by atoms with Gasteiger partial charge in [0.25, 0.3) is 0 Å². The van der Waals surface area contributed by atoms with Gasteiger partial charge in [-0.25, -0.2) is 4.98 Å². The van der Waals surface area contributed by atoms with E-state index in [-0.39, 0.29) is 24.8 Å². The highest BCUT2D eigenvalue weighted by Crippen LogP contribution is 2.36. The van der Waals surface area contributed by atoms with Crippen molar-refractivity contribution in [3.8, 4) is 0 Å². The van der Waals surface area contributed by atoms with Crippen LogP contribution in [0.25, 0.3) is 0 Å². The highest BCUT2D eigenvalue weighted by Gasteiger charge is 2.30.